The SMILES string of the molecule is CC(=O)N[C@H](NC(=O)c1ccc(Cl)cc1)C(Cl)Cl. The van der Waals surface area contributed by atoms with Gasteiger partial charge < -0.3 is 10.6 Å². The summed E-state index contributed by atoms with van der Waals surface area (Å²) in [4.78, 5) is 21.8. The summed E-state index contributed by atoms with van der Waals surface area (Å²) in [5.74, 6) is -0.751. The maximum Gasteiger partial charge on any atom is 0.252 e. The van der Waals surface area contributed by atoms with E-state index < -0.39 is 16.9 Å². The molecule has 0 spiro atoms. The molecule has 98 valence electrons. The first kappa shape index (κ1) is 15.1. The zero-order chi connectivity index (χ0) is 13.7. The molecule has 0 aromatic heterocycles. The van der Waals surface area contributed by atoms with Crippen LogP contribution in [0.1, 0.15) is 17.3 Å². The zero-order valence-electron chi connectivity index (χ0n) is 9.41. The zero-order valence-corrected chi connectivity index (χ0v) is 11.7. The van der Waals surface area contributed by atoms with Crippen molar-refractivity contribution in [3.05, 3.63) is 34.9 Å². The van der Waals surface area contributed by atoms with Crippen molar-refractivity contribution < 1.29 is 9.59 Å². The molecule has 18 heavy (non-hydrogen) atoms. The van der Waals surface area contributed by atoms with E-state index in [1.165, 1.54) is 6.92 Å². The van der Waals surface area contributed by atoms with E-state index in [2.05, 4.69) is 10.6 Å². The van der Waals surface area contributed by atoms with E-state index in [0.717, 1.165) is 0 Å². The van der Waals surface area contributed by atoms with Crippen LogP contribution in [0, 0.1) is 0 Å². The van der Waals surface area contributed by atoms with Gasteiger partial charge >= 0.3 is 0 Å². The third-order valence-corrected chi connectivity index (χ3v) is 2.76. The molecule has 4 nitrogen and oxygen atoms in total. The molecule has 7 heteroatoms. The van der Waals surface area contributed by atoms with Gasteiger partial charge in [0, 0.05) is 17.5 Å². The minimum atomic E-state index is -0.954. The van der Waals surface area contributed by atoms with Crippen molar-refractivity contribution in [3.8, 4) is 0 Å². The Kier molecular flexibility index (Phi) is 5.72. The van der Waals surface area contributed by atoms with E-state index in [-0.39, 0.29) is 5.91 Å². The highest BCUT2D eigenvalue weighted by atomic mass is 35.5. The van der Waals surface area contributed by atoms with Gasteiger partial charge in [0.1, 0.15) is 11.0 Å². The molecule has 0 aliphatic rings. The number of carbonyl (C=O) groups excluding carboxylic acids is 2. The smallest absolute Gasteiger partial charge is 0.252 e. The lowest BCUT2D eigenvalue weighted by molar-refractivity contribution is -0.119. The van der Waals surface area contributed by atoms with E-state index in [1.807, 2.05) is 0 Å². The van der Waals surface area contributed by atoms with Crippen molar-refractivity contribution in [2.24, 2.45) is 0 Å². The minimum Gasteiger partial charge on any atom is -0.334 e. The standard InChI is InChI=1S/C11H11Cl3N2O2/c1-6(17)15-10(9(13)14)16-11(18)7-2-4-8(12)5-3-7/h2-5,9-10H,1H3,(H,15,17)(H,16,18)/t10-/m1/s1. The van der Waals surface area contributed by atoms with E-state index in [9.17, 15) is 9.59 Å². The summed E-state index contributed by atoms with van der Waals surface area (Å²) in [5, 5.41) is 5.46. The van der Waals surface area contributed by atoms with Crippen LogP contribution in [0.5, 0.6) is 0 Å². The molecule has 0 saturated heterocycles. The monoisotopic (exact) mass is 308 g/mol. The first-order valence-corrected chi connectivity index (χ1v) is 6.27. The van der Waals surface area contributed by atoms with Crippen LogP contribution < -0.4 is 10.6 Å². The molecule has 0 fully saturated rings. The van der Waals surface area contributed by atoms with E-state index in [0.29, 0.717) is 10.6 Å². The van der Waals surface area contributed by atoms with Crippen molar-refractivity contribution >= 4 is 46.6 Å². The predicted molar refractivity (Wildman–Crippen MR) is 72.0 cm³/mol. The summed E-state index contributed by atoms with van der Waals surface area (Å²) in [6.07, 6.45) is -0.853. The maximum absolute atomic E-state index is 11.8. The molecule has 0 aliphatic carbocycles. The number of rotatable bonds is 4. The molecule has 0 saturated carbocycles. The Labute approximate surface area is 120 Å². The maximum atomic E-state index is 11.8. The Balaban J connectivity index is 2.72. The van der Waals surface area contributed by atoms with Gasteiger partial charge in [-0.05, 0) is 24.3 Å². The lowest BCUT2D eigenvalue weighted by atomic mass is 10.2. The number of halogens is 3. The Hall–Kier alpha value is -0.970. The quantitative estimate of drug-likeness (QED) is 0.662. The van der Waals surface area contributed by atoms with Gasteiger partial charge in [-0.1, -0.05) is 11.6 Å². The number of hydrogen-bond donors (Lipinski definition) is 2. The Morgan fingerprint density at radius 2 is 1.67 bits per heavy atom. The summed E-state index contributed by atoms with van der Waals surface area (Å²) in [6.45, 7) is 1.30. The van der Waals surface area contributed by atoms with Gasteiger partial charge in [0.25, 0.3) is 5.91 Å². The molecule has 1 rings (SSSR count). The molecule has 1 atom stereocenters. The number of amides is 2. The number of nitrogens with one attached hydrogen (secondary N) is 2. The second-order valence-corrected chi connectivity index (χ2v) is 5.09. The highest BCUT2D eigenvalue weighted by Gasteiger charge is 2.20. The molecule has 0 aliphatic heterocycles. The predicted octanol–water partition coefficient (Wildman–Crippen LogP) is 2.34. The molecule has 0 unspecified atom stereocenters. The Morgan fingerprint density at radius 1 is 1.11 bits per heavy atom. The normalized spacial score (nSPS) is 12.1. The van der Waals surface area contributed by atoms with Gasteiger partial charge in [0.2, 0.25) is 5.91 Å². The van der Waals surface area contributed by atoms with Crippen LogP contribution in [-0.4, -0.2) is 22.8 Å². The third kappa shape index (κ3) is 4.72. The van der Waals surface area contributed by atoms with Crippen LogP contribution in [0.3, 0.4) is 0 Å². The summed E-state index contributed by atoms with van der Waals surface area (Å²) in [7, 11) is 0. The summed E-state index contributed by atoms with van der Waals surface area (Å²) in [6, 6.07) is 6.28. The molecule has 1 aromatic rings. The van der Waals surface area contributed by atoms with Crippen LogP contribution in [-0.2, 0) is 4.79 Å². The highest BCUT2D eigenvalue weighted by molar-refractivity contribution is 6.45. The summed E-state index contributed by atoms with van der Waals surface area (Å²) >= 11 is 17.0. The van der Waals surface area contributed by atoms with Crippen molar-refractivity contribution in [3.63, 3.8) is 0 Å². The number of hydrogen-bond acceptors (Lipinski definition) is 2. The van der Waals surface area contributed by atoms with Crippen molar-refractivity contribution in [1.29, 1.82) is 0 Å². The number of benzene rings is 1. The van der Waals surface area contributed by atoms with E-state index >= 15 is 0 Å². The molecule has 1 aromatic carbocycles. The fourth-order valence-corrected chi connectivity index (χ4v) is 1.58. The average Bonchev–Trinajstić information content (AvgIpc) is 2.28. The lowest BCUT2D eigenvalue weighted by Gasteiger charge is -2.20. The van der Waals surface area contributed by atoms with Crippen LogP contribution in [0.15, 0.2) is 24.3 Å². The fourth-order valence-electron chi connectivity index (χ4n) is 1.21. The molecule has 0 radical (unpaired) electrons. The van der Waals surface area contributed by atoms with E-state index in [1.54, 1.807) is 24.3 Å². The first-order chi connectivity index (χ1) is 8.40. The lowest BCUT2D eigenvalue weighted by Crippen LogP contribution is -2.51. The minimum absolute atomic E-state index is 0.345. The van der Waals surface area contributed by atoms with Gasteiger partial charge in [-0.3, -0.25) is 9.59 Å². The second-order valence-electron chi connectivity index (χ2n) is 3.49. The van der Waals surface area contributed by atoms with Gasteiger partial charge in [0.05, 0.1) is 0 Å². The molecule has 0 bridgehead atoms. The van der Waals surface area contributed by atoms with Gasteiger partial charge in [-0.25, -0.2) is 0 Å². The number of alkyl halides is 2. The average molecular weight is 310 g/mol. The molecule has 2 N–H and O–H groups in total. The van der Waals surface area contributed by atoms with Gasteiger partial charge in [-0.15, -0.1) is 23.2 Å². The molecular weight excluding hydrogens is 298 g/mol. The molecule has 0 heterocycles. The van der Waals surface area contributed by atoms with E-state index in [4.69, 9.17) is 34.8 Å². The van der Waals surface area contributed by atoms with Crippen molar-refractivity contribution in [1.82, 2.24) is 10.6 Å². The van der Waals surface area contributed by atoms with Crippen LogP contribution in [0.4, 0.5) is 0 Å². The number of carbonyl (C=O) groups is 2. The molecular formula is C11H11Cl3N2O2. The van der Waals surface area contributed by atoms with Gasteiger partial charge in [0.15, 0.2) is 0 Å². The summed E-state index contributed by atoms with van der Waals surface area (Å²) in [5.41, 5.74) is 0.392. The topological polar surface area (TPSA) is 58.2 Å². The first-order valence-electron chi connectivity index (χ1n) is 5.02. The third-order valence-electron chi connectivity index (χ3n) is 2.00. The van der Waals surface area contributed by atoms with Gasteiger partial charge in [-0.2, -0.15) is 0 Å². The highest BCUT2D eigenvalue weighted by Crippen LogP contribution is 2.11. The van der Waals surface area contributed by atoms with Crippen LogP contribution in [0.2, 0.25) is 5.02 Å². The van der Waals surface area contributed by atoms with Crippen molar-refractivity contribution in [2.75, 3.05) is 0 Å². The van der Waals surface area contributed by atoms with Crippen LogP contribution >= 0.6 is 34.8 Å². The largest absolute Gasteiger partial charge is 0.334 e. The Morgan fingerprint density at radius 3 is 2.11 bits per heavy atom. The summed E-state index contributed by atoms with van der Waals surface area (Å²) < 4.78 is 0. The second kappa shape index (κ2) is 6.83. The van der Waals surface area contributed by atoms with Crippen molar-refractivity contribution in [2.45, 2.75) is 17.9 Å². The fraction of sp³-hybridized carbons (Fsp3) is 0.273. The molecule has 2 amide bonds. The Bertz CT molecular complexity index is 434. The van der Waals surface area contributed by atoms with Crippen LogP contribution in [0.25, 0.3) is 0 Å².